The molecular weight excluding hydrogens is 124 g/mol. The molecule has 0 spiro atoms. The van der Waals surface area contributed by atoms with Crippen LogP contribution >= 0.6 is 0 Å². The Hall–Kier alpha value is -0.500. The fourth-order valence-corrected chi connectivity index (χ4v) is 1.97. The maximum absolute atomic E-state index is 3.42. The molecule has 1 atom stereocenters. The van der Waals surface area contributed by atoms with Crippen molar-refractivity contribution in [2.75, 3.05) is 7.05 Å². The standard InChI is InChI=1S/C8H14N2/c1-6-7-4-3-5-8(7)9-10(6)2/h8-9H,3-5H2,1-2H3. The van der Waals surface area contributed by atoms with E-state index < -0.39 is 0 Å². The average Bonchev–Trinajstić information content (AvgIpc) is 2.41. The molecule has 1 saturated carbocycles. The number of nitrogens with one attached hydrogen (secondary N) is 1. The molecule has 1 aliphatic heterocycles. The second-order valence-corrected chi connectivity index (χ2v) is 3.24. The molecule has 2 rings (SSSR count). The van der Waals surface area contributed by atoms with Crippen molar-refractivity contribution in [1.82, 2.24) is 10.4 Å². The maximum atomic E-state index is 3.42. The van der Waals surface area contributed by atoms with Crippen LogP contribution in [-0.4, -0.2) is 18.1 Å². The van der Waals surface area contributed by atoms with Crippen molar-refractivity contribution in [3.8, 4) is 0 Å². The average molecular weight is 138 g/mol. The molecule has 2 heteroatoms. The highest BCUT2D eigenvalue weighted by Gasteiger charge is 2.29. The van der Waals surface area contributed by atoms with Crippen LogP contribution in [0.1, 0.15) is 26.2 Å². The minimum Gasteiger partial charge on any atom is -0.315 e. The predicted octanol–water partition coefficient (Wildman–Crippen LogP) is 1.26. The highest BCUT2D eigenvalue weighted by atomic mass is 15.5. The third kappa shape index (κ3) is 0.686. The monoisotopic (exact) mass is 138 g/mol. The van der Waals surface area contributed by atoms with Gasteiger partial charge in [-0.3, -0.25) is 0 Å². The summed E-state index contributed by atoms with van der Waals surface area (Å²) in [6, 6.07) is 0.685. The summed E-state index contributed by atoms with van der Waals surface area (Å²) in [7, 11) is 2.10. The number of hydrazine groups is 1. The van der Waals surface area contributed by atoms with Gasteiger partial charge in [-0.1, -0.05) is 0 Å². The van der Waals surface area contributed by atoms with Crippen LogP contribution in [0.15, 0.2) is 11.3 Å². The lowest BCUT2D eigenvalue weighted by Crippen LogP contribution is -2.32. The minimum absolute atomic E-state index is 0.685. The fourth-order valence-electron chi connectivity index (χ4n) is 1.97. The molecule has 1 heterocycles. The van der Waals surface area contributed by atoms with Gasteiger partial charge in [0.15, 0.2) is 0 Å². The summed E-state index contributed by atoms with van der Waals surface area (Å²) >= 11 is 0. The maximum Gasteiger partial charge on any atom is 0.0492 e. The number of nitrogens with zero attached hydrogens (tertiary/aromatic N) is 1. The van der Waals surface area contributed by atoms with Crippen LogP contribution in [0.25, 0.3) is 0 Å². The quantitative estimate of drug-likeness (QED) is 0.542. The van der Waals surface area contributed by atoms with Gasteiger partial charge < -0.3 is 5.01 Å². The Kier molecular flexibility index (Phi) is 1.24. The van der Waals surface area contributed by atoms with Gasteiger partial charge in [-0.2, -0.15) is 0 Å². The van der Waals surface area contributed by atoms with Gasteiger partial charge in [0.25, 0.3) is 0 Å². The zero-order chi connectivity index (χ0) is 7.14. The lowest BCUT2D eigenvalue weighted by molar-refractivity contribution is 0.305. The summed E-state index contributed by atoms with van der Waals surface area (Å²) < 4.78 is 0. The van der Waals surface area contributed by atoms with Crippen molar-refractivity contribution in [2.45, 2.75) is 32.2 Å². The van der Waals surface area contributed by atoms with Crippen molar-refractivity contribution in [3.05, 3.63) is 11.3 Å². The molecule has 0 radical (unpaired) electrons. The molecule has 0 amide bonds. The van der Waals surface area contributed by atoms with E-state index in [9.17, 15) is 0 Å². The van der Waals surface area contributed by atoms with Gasteiger partial charge in [-0.05, 0) is 31.8 Å². The molecule has 56 valence electrons. The van der Waals surface area contributed by atoms with Crippen molar-refractivity contribution >= 4 is 0 Å². The molecule has 10 heavy (non-hydrogen) atoms. The van der Waals surface area contributed by atoms with Crippen molar-refractivity contribution in [2.24, 2.45) is 0 Å². The summed E-state index contributed by atoms with van der Waals surface area (Å²) in [5, 5.41) is 2.15. The predicted molar refractivity (Wildman–Crippen MR) is 41.2 cm³/mol. The summed E-state index contributed by atoms with van der Waals surface area (Å²) in [4.78, 5) is 0. The SMILES string of the molecule is CC1=C2CCCC2NN1C. The van der Waals surface area contributed by atoms with E-state index in [0.717, 1.165) is 0 Å². The molecule has 1 aliphatic carbocycles. The van der Waals surface area contributed by atoms with E-state index in [0.29, 0.717) is 6.04 Å². The first-order valence-electron chi connectivity index (χ1n) is 3.98. The third-order valence-corrected chi connectivity index (χ3v) is 2.68. The van der Waals surface area contributed by atoms with E-state index in [1.165, 1.54) is 25.0 Å². The largest absolute Gasteiger partial charge is 0.315 e. The van der Waals surface area contributed by atoms with Gasteiger partial charge >= 0.3 is 0 Å². The number of hydrogen-bond acceptors (Lipinski definition) is 2. The van der Waals surface area contributed by atoms with Crippen LogP contribution in [0, 0.1) is 0 Å². The summed E-state index contributed by atoms with van der Waals surface area (Å²) in [6.07, 6.45) is 4.02. The van der Waals surface area contributed by atoms with Crippen LogP contribution in [0.4, 0.5) is 0 Å². The Labute approximate surface area is 61.9 Å². The first-order chi connectivity index (χ1) is 4.79. The van der Waals surface area contributed by atoms with Gasteiger partial charge in [0.2, 0.25) is 0 Å². The highest BCUT2D eigenvalue weighted by molar-refractivity contribution is 5.24. The second kappa shape index (κ2) is 1.99. The Balaban J connectivity index is 2.29. The molecular formula is C8H14N2. The minimum atomic E-state index is 0.685. The van der Waals surface area contributed by atoms with Crippen molar-refractivity contribution < 1.29 is 0 Å². The van der Waals surface area contributed by atoms with Crippen LogP contribution in [0.5, 0.6) is 0 Å². The molecule has 0 aromatic carbocycles. The van der Waals surface area contributed by atoms with Crippen LogP contribution in [0.3, 0.4) is 0 Å². The Morgan fingerprint density at radius 3 is 3.10 bits per heavy atom. The first kappa shape index (κ1) is 6.23. The van der Waals surface area contributed by atoms with E-state index in [-0.39, 0.29) is 0 Å². The molecule has 2 aliphatic rings. The summed E-state index contributed by atoms with van der Waals surface area (Å²) in [5.74, 6) is 0. The smallest absolute Gasteiger partial charge is 0.0492 e. The number of allylic oxidation sites excluding steroid dienone is 1. The zero-order valence-corrected chi connectivity index (χ0v) is 6.65. The molecule has 0 aromatic heterocycles. The number of fused-ring (bicyclic) bond motifs is 1. The second-order valence-electron chi connectivity index (χ2n) is 3.24. The fraction of sp³-hybridized carbons (Fsp3) is 0.750. The van der Waals surface area contributed by atoms with Crippen LogP contribution in [0.2, 0.25) is 0 Å². The molecule has 0 bridgehead atoms. The van der Waals surface area contributed by atoms with Gasteiger partial charge in [0, 0.05) is 18.8 Å². The van der Waals surface area contributed by atoms with E-state index in [1.54, 1.807) is 5.57 Å². The number of hydrogen-bond donors (Lipinski definition) is 1. The normalized spacial score (nSPS) is 31.8. The lowest BCUT2D eigenvalue weighted by atomic mass is 10.1. The van der Waals surface area contributed by atoms with Gasteiger partial charge in [-0.25, -0.2) is 5.43 Å². The van der Waals surface area contributed by atoms with E-state index >= 15 is 0 Å². The lowest BCUT2D eigenvalue weighted by Gasteiger charge is -2.15. The van der Waals surface area contributed by atoms with E-state index in [1.807, 2.05) is 0 Å². The van der Waals surface area contributed by atoms with Gasteiger partial charge in [0.05, 0.1) is 0 Å². The Bertz CT molecular complexity index is 184. The van der Waals surface area contributed by atoms with E-state index in [2.05, 4.69) is 24.4 Å². The molecule has 1 unspecified atom stereocenters. The van der Waals surface area contributed by atoms with Gasteiger partial charge in [0.1, 0.15) is 0 Å². The Morgan fingerprint density at radius 2 is 2.40 bits per heavy atom. The summed E-state index contributed by atoms with van der Waals surface area (Å²) in [5.41, 5.74) is 6.51. The first-order valence-corrected chi connectivity index (χ1v) is 3.98. The zero-order valence-electron chi connectivity index (χ0n) is 6.65. The molecule has 2 nitrogen and oxygen atoms in total. The molecule has 0 saturated heterocycles. The topological polar surface area (TPSA) is 15.3 Å². The number of rotatable bonds is 0. The molecule has 1 N–H and O–H groups in total. The van der Waals surface area contributed by atoms with Gasteiger partial charge in [-0.15, -0.1) is 0 Å². The highest BCUT2D eigenvalue weighted by Crippen LogP contribution is 2.32. The molecule has 1 fully saturated rings. The molecule has 0 aromatic rings. The van der Waals surface area contributed by atoms with Crippen LogP contribution < -0.4 is 5.43 Å². The van der Waals surface area contributed by atoms with Crippen molar-refractivity contribution in [1.29, 1.82) is 0 Å². The summed E-state index contributed by atoms with van der Waals surface area (Å²) in [6.45, 7) is 2.20. The Morgan fingerprint density at radius 1 is 1.60 bits per heavy atom. The van der Waals surface area contributed by atoms with Crippen molar-refractivity contribution in [3.63, 3.8) is 0 Å². The third-order valence-electron chi connectivity index (χ3n) is 2.68. The van der Waals surface area contributed by atoms with E-state index in [4.69, 9.17) is 0 Å². The van der Waals surface area contributed by atoms with Crippen LogP contribution in [-0.2, 0) is 0 Å².